The van der Waals surface area contributed by atoms with Crippen LogP contribution in [0.5, 0.6) is 0 Å². The lowest BCUT2D eigenvalue weighted by Gasteiger charge is -2.09. The van der Waals surface area contributed by atoms with Crippen molar-refractivity contribution in [3.63, 3.8) is 0 Å². The van der Waals surface area contributed by atoms with Gasteiger partial charge in [-0.1, -0.05) is 29.3 Å². The molecule has 4 nitrogen and oxygen atoms in total. The van der Waals surface area contributed by atoms with Crippen LogP contribution in [0.2, 0.25) is 0 Å². The second kappa shape index (κ2) is 6.03. The van der Waals surface area contributed by atoms with E-state index in [0.717, 1.165) is 18.5 Å². The molecule has 0 radical (unpaired) electrons. The standard InChI is InChI=1S/C11H18BrN3O/c1-4-5-9(12)7-13-11(16)10-6-8(2)14-15(10)3/h6,9H,4-5,7H2,1-3H3,(H,13,16). The fourth-order valence-corrected chi connectivity index (χ4v) is 2.15. The minimum atomic E-state index is -0.0661. The van der Waals surface area contributed by atoms with Crippen LogP contribution in [-0.4, -0.2) is 27.1 Å². The zero-order chi connectivity index (χ0) is 12.1. The number of alkyl halides is 1. The molecule has 1 rings (SSSR count). The van der Waals surface area contributed by atoms with Crippen LogP contribution in [0, 0.1) is 6.92 Å². The number of nitrogens with one attached hydrogen (secondary N) is 1. The van der Waals surface area contributed by atoms with E-state index in [1.54, 1.807) is 17.8 Å². The maximum Gasteiger partial charge on any atom is 0.269 e. The van der Waals surface area contributed by atoms with Gasteiger partial charge in [0.1, 0.15) is 5.69 Å². The first-order valence-electron chi connectivity index (χ1n) is 5.47. The van der Waals surface area contributed by atoms with Crippen molar-refractivity contribution in [3.8, 4) is 0 Å². The van der Waals surface area contributed by atoms with Crippen LogP contribution in [0.25, 0.3) is 0 Å². The fourth-order valence-electron chi connectivity index (χ4n) is 1.53. The predicted octanol–water partition coefficient (Wildman–Crippen LogP) is 2.02. The Hall–Kier alpha value is -0.840. The molecule has 16 heavy (non-hydrogen) atoms. The predicted molar refractivity (Wildman–Crippen MR) is 67.9 cm³/mol. The molecule has 1 aromatic rings. The molecule has 0 aliphatic heterocycles. The molecule has 0 saturated heterocycles. The van der Waals surface area contributed by atoms with Crippen molar-refractivity contribution in [2.45, 2.75) is 31.5 Å². The van der Waals surface area contributed by atoms with Gasteiger partial charge >= 0.3 is 0 Å². The van der Waals surface area contributed by atoms with Gasteiger partial charge in [0.05, 0.1) is 5.69 Å². The van der Waals surface area contributed by atoms with Crippen molar-refractivity contribution in [1.82, 2.24) is 15.1 Å². The van der Waals surface area contributed by atoms with Crippen molar-refractivity contribution >= 4 is 21.8 Å². The second-order valence-corrected chi connectivity index (χ2v) is 5.19. The highest BCUT2D eigenvalue weighted by Crippen LogP contribution is 2.07. The van der Waals surface area contributed by atoms with Gasteiger partial charge in [0.15, 0.2) is 0 Å². The van der Waals surface area contributed by atoms with E-state index >= 15 is 0 Å². The van der Waals surface area contributed by atoms with Crippen LogP contribution < -0.4 is 5.32 Å². The second-order valence-electron chi connectivity index (χ2n) is 3.89. The monoisotopic (exact) mass is 287 g/mol. The lowest BCUT2D eigenvalue weighted by Crippen LogP contribution is -2.30. The molecule has 1 N–H and O–H groups in total. The smallest absolute Gasteiger partial charge is 0.269 e. The SMILES string of the molecule is CCCC(Br)CNC(=O)c1cc(C)nn1C. The van der Waals surface area contributed by atoms with Gasteiger partial charge in [-0.3, -0.25) is 9.48 Å². The third kappa shape index (κ3) is 3.63. The number of hydrogen-bond donors (Lipinski definition) is 1. The number of hydrogen-bond acceptors (Lipinski definition) is 2. The minimum absolute atomic E-state index is 0.0661. The number of aromatic nitrogens is 2. The van der Waals surface area contributed by atoms with Crippen molar-refractivity contribution in [2.75, 3.05) is 6.54 Å². The van der Waals surface area contributed by atoms with Crippen LogP contribution in [0.3, 0.4) is 0 Å². The quantitative estimate of drug-likeness (QED) is 0.843. The molecule has 90 valence electrons. The summed E-state index contributed by atoms with van der Waals surface area (Å²) in [6.45, 7) is 4.65. The average molecular weight is 288 g/mol. The van der Waals surface area contributed by atoms with Gasteiger partial charge in [-0.25, -0.2) is 0 Å². The van der Waals surface area contributed by atoms with E-state index in [4.69, 9.17) is 0 Å². The average Bonchev–Trinajstić information content (AvgIpc) is 2.55. The van der Waals surface area contributed by atoms with Crippen LogP contribution in [0.15, 0.2) is 6.07 Å². The summed E-state index contributed by atoms with van der Waals surface area (Å²) in [6.07, 6.45) is 2.17. The van der Waals surface area contributed by atoms with Gasteiger partial charge in [-0.05, 0) is 19.4 Å². The van der Waals surface area contributed by atoms with Crippen molar-refractivity contribution < 1.29 is 4.79 Å². The lowest BCUT2D eigenvalue weighted by atomic mass is 10.2. The van der Waals surface area contributed by atoms with E-state index in [1.807, 2.05) is 6.92 Å². The molecule has 0 aliphatic carbocycles. The summed E-state index contributed by atoms with van der Waals surface area (Å²) in [5.41, 5.74) is 1.46. The molecule has 1 heterocycles. The maximum absolute atomic E-state index is 11.8. The Bertz CT molecular complexity index is 362. The molecule has 5 heteroatoms. The van der Waals surface area contributed by atoms with Gasteiger partial charge in [-0.2, -0.15) is 5.10 Å². The highest BCUT2D eigenvalue weighted by atomic mass is 79.9. The van der Waals surface area contributed by atoms with Crippen molar-refractivity contribution in [1.29, 1.82) is 0 Å². The number of amides is 1. The van der Waals surface area contributed by atoms with Crippen LogP contribution in [0.1, 0.15) is 35.9 Å². The molecule has 0 saturated carbocycles. The summed E-state index contributed by atoms with van der Waals surface area (Å²) in [6, 6.07) is 1.79. The summed E-state index contributed by atoms with van der Waals surface area (Å²) >= 11 is 3.53. The molecular weight excluding hydrogens is 270 g/mol. The van der Waals surface area contributed by atoms with E-state index in [2.05, 4.69) is 33.3 Å². The third-order valence-corrected chi connectivity index (χ3v) is 3.10. The highest BCUT2D eigenvalue weighted by Gasteiger charge is 2.12. The van der Waals surface area contributed by atoms with Gasteiger partial charge < -0.3 is 5.32 Å². The minimum Gasteiger partial charge on any atom is -0.350 e. The first-order chi connectivity index (χ1) is 7.54. The van der Waals surface area contributed by atoms with E-state index in [1.165, 1.54) is 0 Å². The molecular formula is C11H18BrN3O. The molecule has 0 bridgehead atoms. The maximum atomic E-state index is 11.8. The summed E-state index contributed by atoms with van der Waals surface area (Å²) in [7, 11) is 1.78. The number of carbonyl (C=O) groups is 1. The first-order valence-corrected chi connectivity index (χ1v) is 6.39. The number of carbonyl (C=O) groups excluding carboxylic acids is 1. The Morgan fingerprint density at radius 2 is 2.38 bits per heavy atom. The van der Waals surface area contributed by atoms with E-state index < -0.39 is 0 Å². The number of aryl methyl sites for hydroxylation is 2. The molecule has 0 fully saturated rings. The lowest BCUT2D eigenvalue weighted by molar-refractivity contribution is 0.0944. The normalized spacial score (nSPS) is 12.5. The van der Waals surface area contributed by atoms with Crippen molar-refractivity contribution in [2.24, 2.45) is 7.05 Å². The Kier molecular flexibility index (Phi) is 4.99. The summed E-state index contributed by atoms with van der Waals surface area (Å²) in [5.74, 6) is -0.0661. The summed E-state index contributed by atoms with van der Waals surface area (Å²) in [4.78, 5) is 12.1. The molecule has 1 atom stereocenters. The van der Waals surface area contributed by atoms with Gasteiger partial charge in [-0.15, -0.1) is 0 Å². The molecule has 1 aromatic heterocycles. The zero-order valence-corrected chi connectivity index (χ0v) is 11.5. The Labute approximate surface area is 105 Å². The van der Waals surface area contributed by atoms with E-state index in [0.29, 0.717) is 17.1 Å². The number of halogens is 1. The van der Waals surface area contributed by atoms with Gasteiger partial charge in [0.25, 0.3) is 5.91 Å². The van der Waals surface area contributed by atoms with E-state index in [9.17, 15) is 4.79 Å². The van der Waals surface area contributed by atoms with Crippen LogP contribution in [0.4, 0.5) is 0 Å². The number of nitrogens with zero attached hydrogens (tertiary/aromatic N) is 2. The molecule has 0 aromatic carbocycles. The third-order valence-electron chi connectivity index (χ3n) is 2.32. The topological polar surface area (TPSA) is 46.9 Å². The van der Waals surface area contributed by atoms with Crippen LogP contribution >= 0.6 is 15.9 Å². The Morgan fingerprint density at radius 1 is 1.69 bits per heavy atom. The van der Waals surface area contributed by atoms with Crippen LogP contribution in [-0.2, 0) is 7.05 Å². The van der Waals surface area contributed by atoms with Crippen molar-refractivity contribution in [3.05, 3.63) is 17.5 Å². The fraction of sp³-hybridized carbons (Fsp3) is 0.636. The van der Waals surface area contributed by atoms with Gasteiger partial charge in [0, 0.05) is 18.4 Å². The van der Waals surface area contributed by atoms with E-state index in [-0.39, 0.29) is 5.91 Å². The zero-order valence-electron chi connectivity index (χ0n) is 9.96. The molecule has 0 spiro atoms. The highest BCUT2D eigenvalue weighted by molar-refractivity contribution is 9.09. The van der Waals surface area contributed by atoms with Gasteiger partial charge in [0.2, 0.25) is 0 Å². The Balaban J connectivity index is 2.50. The summed E-state index contributed by atoms with van der Waals surface area (Å²) in [5, 5.41) is 7.03. The molecule has 1 amide bonds. The number of rotatable bonds is 5. The molecule has 0 aliphatic rings. The largest absolute Gasteiger partial charge is 0.350 e. The molecule has 1 unspecified atom stereocenters. The first kappa shape index (κ1) is 13.2. The summed E-state index contributed by atoms with van der Waals surface area (Å²) < 4.78 is 1.60. The Morgan fingerprint density at radius 3 is 2.88 bits per heavy atom.